The molecule has 0 radical (unpaired) electrons. The predicted molar refractivity (Wildman–Crippen MR) is 75.9 cm³/mol. The van der Waals surface area contributed by atoms with Crippen LogP contribution in [0.15, 0.2) is 36.4 Å². The van der Waals surface area contributed by atoms with Crippen LogP contribution in [-0.4, -0.2) is 18.2 Å². The molecule has 0 bridgehead atoms. The number of nitrogens with zero attached hydrogens (tertiary/aromatic N) is 1. The number of methoxy groups -OCH3 is 1. The van der Waals surface area contributed by atoms with E-state index in [1.165, 1.54) is 19.2 Å². The first kappa shape index (κ1) is 14.4. The zero-order valence-electron chi connectivity index (χ0n) is 11.6. The maximum absolute atomic E-state index is 11.3. The summed E-state index contributed by atoms with van der Waals surface area (Å²) in [5.41, 5.74) is 1.09. The first-order valence-corrected chi connectivity index (χ1v) is 6.15. The second kappa shape index (κ2) is 5.97. The van der Waals surface area contributed by atoms with Crippen LogP contribution in [0.2, 0.25) is 0 Å². The summed E-state index contributed by atoms with van der Waals surface area (Å²) >= 11 is 0. The maximum atomic E-state index is 11.3. The number of hydrogen-bond acceptors (Lipinski definition) is 4. The van der Waals surface area contributed by atoms with Gasteiger partial charge in [0.15, 0.2) is 0 Å². The topological polar surface area (TPSA) is 79.6 Å². The van der Waals surface area contributed by atoms with E-state index in [2.05, 4.69) is 0 Å². The average molecular weight is 283 g/mol. The van der Waals surface area contributed by atoms with E-state index in [0.29, 0.717) is 17.1 Å². The summed E-state index contributed by atoms with van der Waals surface area (Å²) in [7, 11) is 1.48. The van der Waals surface area contributed by atoms with E-state index in [9.17, 15) is 9.90 Å². The third kappa shape index (κ3) is 2.95. The Balaban J connectivity index is 2.53. The lowest BCUT2D eigenvalue weighted by Crippen LogP contribution is -2.02. The molecular formula is C16H13NO4. The molecule has 0 aliphatic carbocycles. The fourth-order valence-electron chi connectivity index (χ4n) is 1.88. The largest absolute Gasteiger partial charge is 0.497 e. The summed E-state index contributed by atoms with van der Waals surface area (Å²) in [6, 6.07) is 11.6. The van der Waals surface area contributed by atoms with Crippen LogP contribution in [0.25, 0.3) is 0 Å². The Bertz CT molecular complexity index is 732. The van der Waals surface area contributed by atoms with Crippen LogP contribution in [0, 0.1) is 18.3 Å². The molecule has 0 saturated carbocycles. The number of carboxylic acids is 1. The van der Waals surface area contributed by atoms with Gasteiger partial charge in [-0.3, -0.25) is 0 Å². The minimum atomic E-state index is -1.11. The van der Waals surface area contributed by atoms with E-state index in [1.807, 2.05) is 6.07 Å². The van der Waals surface area contributed by atoms with Gasteiger partial charge in [-0.1, -0.05) is 12.1 Å². The normalized spacial score (nSPS) is 9.76. The lowest BCUT2D eigenvalue weighted by Gasteiger charge is -2.13. The van der Waals surface area contributed by atoms with Crippen LogP contribution >= 0.6 is 0 Å². The second-order valence-corrected chi connectivity index (χ2v) is 4.33. The first-order chi connectivity index (χ1) is 10.1. The number of nitriles is 1. The van der Waals surface area contributed by atoms with Crippen LogP contribution < -0.4 is 9.47 Å². The minimum absolute atomic E-state index is 0.00272. The Kier molecular flexibility index (Phi) is 4.10. The highest BCUT2D eigenvalue weighted by atomic mass is 16.5. The molecule has 0 saturated heterocycles. The summed E-state index contributed by atoms with van der Waals surface area (Å²) in [5, 5.41) is 18.3. The summed E-state index contributed by atoms with van der Waals surface area (Å²) in [6.07, 6.45) is 0. The van der Waals surface area contributed by atoms with Crippen LogP contribution in [0.3, 0.4) is 0 Å². The Hall–Kier alpha value is -3.00. The number of ether oxygens (including phenoxy) is 2. The van der Waals surface area contributed by atoms with Crippen molar-refractivity contribution < 1.29 is 19.4 Å². The molecular weight excluding hydrogens is 270 g/mol. The van der Waals surface area contributed by atoms with E-state index >= 15 is 0 Å². The molecule has 0 atom stereocenters. The Labute approximate surface area is 122 Å². The van der Waals surface area contributed by atoms with Gasteiger partial charge in [0.25, 0.3) is 0 Å². The molecule has 0 amide bonds. The lowest BCUT2D eigenvalue weighted by molar-refractivity contribution is 0.0694. The number of aryl methyl sites for hydroxylation is 1. The highest BCUT2D eigenvalue weighted by molar-refractivity contribution is 5.91. The minimum Gasteiger partial charge on any atom is -0.497 e. The van der Waals surface area contributed by atoms with Gasteiger partial charge in [-0.15, -0.1) is 0 Å². The molecule has 21 heavy (non-hydrogen) atoms. The van der Waals surface area contributed by atoms with Crippen molar-refractivity contribution in [1.29, 1.82) is 5.26 Å². The van der Waals surface area contributed by atoms with Gasteiger partial charge < -0.3 is 14.6 Å². The van der Waals surface area contributed by atoms with Crippen LogP contribution in [-0.2, 0) is 0 Å². The SMILES string of the molecule is COc1ccc(C(=O)O)c(Oc2c(C)cccc2C#N)c1. The standard InChI is InChI=1S/C16H13NO4/c1-10-4-3-5-11(9-17)15(10)21-14-8-12(20-2)6-7-13(14)16(18)19/h3-8H,1-2H3,(H,18,19). The van der Waals surface area contributed by atoms with Crippen molar-refractivity contribution in [3.05, 3.63) is 53.1 Å². The molecule has 1 N–H and O–H groups in total. The second-order valence-electron chi connectivity index (χ2n) is 4.33. The van der Waals surface area contributed by atoms with Gasteiger partial charge in [-0.25, -0.2) is 4.79 Å². The molecule has 106 valence electrons. The van der Waals surface area contributed by atoms with Crippen molar-refractivity contribution in [3.8, 4) is 23.3 Å². The van der Waals surface area contributed by atoms with Gasteiger partial charge >= 0.3 is 5.97 Å². The zero-order valence-corrected chi connectivity index (χ0v) is 11.6. The third-order valence-corrected chi connectivity index (χ3v) is 2.96. The Morgan fingerprint density at radius 1 is 1.29 bits per heavy atom. The van der Waals surface area contributed by atoms with Crippen molar-refractivity contribution in [2.75, 3.05) is 7.11 Å². The summed E-state index contributed by atoms with van der Waals surface area (Å²) < 4.78 is 10.8. The van der Waals surface area contributed by atoms with E-state index in [1.54, 1.807) is 31.2 Å². The van der Waals surface area contributed by atoms with Gasteiger partial charge in [-0.05, 0) is 30.7 Å². The van der Waals surface area contributed by atoms with E-state index in [4.69, 9.17) is 14.7 Å². The number of benzene rings is 2. The van der Waals surface area contributed by atoms with E-state index in [-0.39, 0.29) is 11.3 Å². The summed E-state index contributed by atoms with van der Waals surface area (Å²) in [6.45, 7) is 1.79. The molecule has 0 spiro atoms. The summed E-state index contributed by atoms with van der Waals surface area (Å²) in [4.78, 5) is 11.3. The number of carbonyl (C=O) groups is 1. The number of para-hydroxylation sites is 1. The van der Waals surface area contributed by atoms with Gasteiger partial charge in [0.2, 0.25) is 0 Å². The molecule has 2 aromatic carbocycles. The highest BCUT2D eigenvalue weighted by Crippen LogP contribution is 2.33. The molecule has 0 aliphatic heterocycles. The first-order valence-electron chi connectivity index (χ1n) is 6.15. The van der Waals surface area contributed by atoms with Gasteiger partial charge in [0.05, 0.1) is 12.7 Å². The monoisotopic (exact) mass is 283 g/mol. The van der Waals surface area contributed by atoms with Gasteiger partial charge in [-0.2, -0.15) is 5.26 Å². The van der Waals surface area contributed by atoms with E-state index < -0.39 is 5.97 Å². The Morgan fingerprint density at radius 3 is 2.67 bits per heavy atom. The quantitative estimate of drug-likeness (QED) is 0.930. The van der Waals surface area contributed by atoms with Crippen molar-refractivity contribution in [3.63, 3.8) is 0 Å². The van der Waals surface area contributed by atoms with Gasteiger partial charge in [0, 0.05) is 6.07 Å². The van der Waals surface area contributed by atoms with Crippen molar-refractivity contribution >= 4 is 5.97 Å². The Morgan fingerprint density at radius 2 is 2.05 bits per heavy atom. The predicted octanol–water partition coefficient (Wildman–Crippen LogP) is 3.37. The number of carboxylic acid groups (broad SMARTS) is 1. The van der Waals surface area contributed by atoms with Crippen LogP contribution in [0.5, 0.6) is 17.2 Å². The van der Waals surface area contributed by atoms with Gasteiger partial charge in [0.1, 0.15) is 28.9 Å². The molecule has 5 heteroatoms. The number of hydrogen-bond donors (Lipinski definition) is 1. The smallest absolute Gasteiger partial charge is 0.339 e. The van der Waals surface area contributed by atoms with E-state index in [0.717, 1.165) is 5.56 Å². The molecule has 2 rings (SSSR count). The number of rotatable bonds is 4. The fourth-order valence-corrected chi connectivity index (χ4v) is 1.88. The zero-order chi connectivity index (χ0) is 15.4. The molecule has 0 aromatic heterocycles. The van der Waals surface area contributed by atoms with Crippen LogP contribution in [0.4, 0.5) is 0 Å². The summed E-state index contributed by atoms with van der Waals surface area (Å²) in [5.74, 6) is -0.162. The van der Waals surface area contributed by atoms with Crippen molar-refractivity contribution in [1.82, 2.24) is 0 Å². The average Bonchev–Trinajstić information content (AvgIpc) is 2.48. The lowest BCUT2D eigenvalue weighted by atomic mass is 10.1. The highest BCUT2D eigenvalue weighted by Gasteiger charge is 2.16. The molecule has 2 aromatic rings. The molecule has 0 aliphatic rings. The molecule has 0 heterocycles. The number of aromatic carboxylic acids is 1. The third-order valence-electron chi connectivity index (χ3n) is 2.96. The van der Waals surface area contributed by atoms with Crippen molar-refractivity contribution in [2.45, 2.75) is 6.92 Å². The van der Waals surface area contributed by atoms with Crippen molar-refractivity contribution in [2.24, 2.45) is 0 Å². The molecule has 0 unspecified atom stereocenters. The van der Waals surface area contributed by atoms with Crippen LogP contribution in [0.1, 0.15) is 21.5 Å². The fraction of sp³-hybridized carbons (Fsp3) is 0.125. The molecule has 0 fully saturated rings. The maximum Gasteiger partial charge on any atom is 0.339 e. The molecule has 5 nitrogen and oxygen atoms in total.